The van der Waals surface area contributed by atoms with Gasteiger partial charge in [-0.15, -0.1) is 0 Å². The monoisotopic (exact) mass is 242 g/mol. The van der Waals surface area contributed by atoms with Crippen LogP contribution >= 0.6 is 0 Å². The Kier molecular flexibility index (Phi) is 5.36. The predicted molar refractivity (Wildman–Crippen MR) is 69.2 cm³/mol. The molecule has 1 fully saturated rings. The van der Waals surface area contributed by atoms with Gasteiger partial charge in [0.1, 0.15) is 0 Å². The van der Waals surface area contributed by atoms with Crippen molar-refractivity contribution in [2.75, 3.05) is 27.2 Å². The van der Waals surface area contributed by atoms with Crippen molar-refractivity contribution in [3.8, 4) is 0 Å². The van der Waals surface area contributed by atoms with Gasteiger partial charge in [-0.2, -0.15) is 0 Å². The van der Waals surface area contributed by atoms with Gasteiger partial charge in [0, 0.05) is 12.6 Å². The van der Waals surface area contributed by atoms with Crippen molar-refractivity contribution in [2.45, 2.75) is 38.8 Å². The number of likely N-dealkylation sites (N-methyl/N-ethyl adjacent to an activating group) is 1. The Hall–Kier alpha value is -0.650. The first kappa shape index (κ1) is 14.4. The van der Waals surface area contributed by atoms with Gasteiger partial charge in [0.05, 0.1) is 6.04 Å². The Balaban J connectivity index is 2.70. The van der Waals surface area contributed by atoms with E-state index < -0.39 is 0 Å². The summed E-state index contributed by atoms with van der Waals surface area (Å²) < 4.78 is 0. The summed E-state index contributed by atoms with van der Waals surface area (Å²) in [6.07, 6.45) is 2.35. The summed E-state index contributed by atoms with van der Waals surface area (Å²) in [5, 5.41) is 0. The molecular weight excluding hydrogens is 216 g/mol. The van der Waals surface area contributed by atoms with Gasteiger partial charge in [0.15, 0.2) is 0 Å². The van der Waals surface area contributed by atoms with E-state index in [2.05, 4.69) is 43.2 Å². The molecule has 1 aliphatic rings. The van der Waals surface area contributed by atoms with Crippen molar-refractivity contribution >= 4 is 5.91 Å². The number of nitrogens with one attached hydrogen (secondary N) is 1. The third-order valence-electron chi connectivity index (χ3n) is 3.59. The van der Waals surface area contributed by atoms with Crippen LogP contribution in [0, 0.1) is 5.92 Å². The average molecular weight is 242 g/mol. The molecule has 1 aliphatic heterocycles. The fraction of sp³-hybridized carbons (Fsp3) is 0.917. The van der Waals surface area contributed by atoms with Crippen LogP contribution in [-0.2, 0) is 4.79 Å². The van der Waals surface area contributed by atoms with Crippen molar-refractivity contribution < 1.29 is 4.79 Å². The highest BCUT2D eigenvalue weighted by molar-refractivity contribution is 5.81. The maximum absolute atomic E-state index is 11.8. The zero-order chi connectivity index (χ0) is 13.0. The number of nitrogens with zero attached hydrogens (tertiary/aromatic N) is 2. The molecule has 0 spiro atoms. The van der Waals surface area contributed by atoms with Crippen molar-refractivity contribution in [2.24, 2.45) is 11.8 Å². The summed E-state index contributed by atoms with van der Waals surface area (Å²) in [4.78, 5) is 16.3. The lowest BCUT2D eigenvalue weighted by Crippen LogP contribution is -2.56. The lowest BCUT2D eigenvalue weighted by atomic mass is 9.96. The molecule has 0 radical (unpaired) electrons. The summed E-state index contributed by atoms with van der Waals surface area (Å²) in [6.45, 7) is 6.07. The molecule has 5 heteroatoms. The average Bonchev–Trinajstić information content (AvgIpc) is 2.28. The second kappa shape index (κ2) is 6.33. The second-order valence-corrected chi connectivity index (χ2v) is 5.45. The molecule has 0 aromatic rings. The van der Waals surface area contributed by atoms with Crippen molar-refractivity contribution in [3.63, 3.8) is 0 Å². The van der Waals surface area contributed by atoms with Gasteiger partial charge < -0.3 is 4.90 Å². The zero-order valence-corrected chi connectivity index (χ0v) is 11.4. The van der Waals surface area contributed by atoms with E-state index in [-0.39, 0.29) is 17.9 Å². The topological polar surface area (TPSA) is 61.6 Å². The number of hydrogen-bond acceptors (Lipinski definition) is 4. The normalized spacial score (nSPS) is 24.1. The van der Waals surface area contributed by atoms with Crippen LogP contribution in [-0.4, -0.2) is 55.0 Å². The number of likely N-dealkylation sites (tertiary alicyclic amines) is 1. The number of piperidine rings is 1. The van der Waals surface area contributed by atoms with Gasteiger partial charge in [0.2, 0.25) is 0 Å². The quantitative estimate of drug-likeness (QED) is 0.415. The molecule has 0 aromatic carbocycles. The minimum atomic E-state index is -0.109. The Morgan fingerprint density at radius 2 is 2.12 bits per heavy atom. The number of nitrogens with two attached hydrogens (primary N) is 1. The van der Waals surface area contributed by atoms with Gasteiger partial charge in [-0.05, 0) is 39.4 Å². The minimum absolute atomic E-state index is 0.0700. The number of rotatable bonds is 4. The smallest absolute Gasteiger partial charge is 0.251 e. The highest BCUT2D eigenvalue weighted by Crippen LogP contribution is 2.20. The molecular formula is C12H26N4O. The number of amides is 1. The molecule has 0 aromatic heterocycles. The first-order valence-corrected chi connectivity index (χ1v) is 6.38. The third-order valence-corrected chi connectivity index (χ3v) is 3.59. The number of carbonyl (C=O) groups excluding carboxylic acids is 1. The van der Waals surface area contributed by atoms with Gasteiger partial charge in [-0.25, -0.2) is 5.84 Å². The number of hydrogen-bond donors (Lipinski definition) is 2. The van der Waals surface area contributed by atoms with E-state index in [0.717, 1.165) is 19.5 Å². The summed E-state index contributed by atoms with van der Waals surface area (Å²) in [5.74, 6) is 5.48. The lowest BCUT2D eigenvalue weighted by Gasteiger charge is -2.41. The highest BCUT2D eigenvalue weighted by Gasteiger charge is 2.32. The maximum atomic E-state index is 11.8. The van der Waals surface area contributed by atoms with E-state index in [0.29, 0.717) is 6.04 Å². The fourth-order valence-corrected chi connectivity index (χ4v) is 2.63. The van der Waals surface area contributed by atoms with Crippen LogP contribution in [0.3, 0.4) is 0 Å². The Morgan fingerprint density at radius 1 is 1.47 bits per heavy atom. The fourth-order valence-electron chi connectivity index (χ4n) is 2.63. The van der Waals surface area contributed by atoms with Crippen LogP contribution in [0.1, 0.15) is 26.7 Å². The molecule has 2 unspecified atom stereocenters. The summed E-state index contributed by atoms with van der Waals surface area (Å²) in [6, 6.07) is 0.429. The highest BCUT2D eigenvalue weighted by atomic mass is 16.2. The van der Waals surface area contributed by atoms with Crippen LogP contribution in [0.15, 0.2) is 0 Å². The number of carbonyl (C=O) groups is 1. The SMILES string of the molecule is CC(C)C(C(=O)NN)N1CCCC(N(C)C)C1. The predicted octanol–water partition coefficient (Wildman–Crippen LogP) is 0.0269. The van der Waals surface area contributed by atoms with Crippen LogP contribution < -0.4 is 11.3 Å². The molecule has 17 heavy (non-hydrogen) atoms. The maximum Gasteiger partial charge on any atom is 0.251 e. The Morgan fingerprint density at radius 3 is 2.59 bits per heavy atom. The van der Waals surface area contributed by atoms with Crippen LogP contribution in [0.2, 0.25) is 0 Å². The molecule has 100 valence electrons. The third kappa shape index (κ3) is 3.66. The number of hydrazine groups is 1. The van der Waals surface area contributed by atoms with E-state index in [1.54, 1.807) is 0 Å². The first-order chi connectivity index (χ1) is 7.97. The van der Waals surface area contributed by atoms with Crippen LogP contribution in [0.25, 0.3) is 0 Å². The van der Waals surface area contributed by atoms with Gasteiger partial charge in [-0.3, -0.25) is 15.1 Å². The minimum Gasteiger partial charge on any atom is -0.305 e. The zero-order valence-electron chi connectivity index (χ0n) is 11.4. The molecule has 1 rings (SSSR count). The molecule has 2 atom stereocenters. The Bertz CT molecular complexity index is 255. The standard InChI is InChI=1S/C12H26N4O/c1-9(2)11(12(17)14-13)16-7-5-6-10(8-16)15(3)4/h9-11H,5-8,13H2,1-4H3,(H,14,17). The van der Waals surface area contributed by atoms with Gasteiger partial charge in [-0.1, -0.05) is 13.8 Å². The summed E-state index contributed by atoms with van der Waals surface area (Å²) in [5.41, 5.74) is 2.29. The lowest BCUT2D eigenvalue weighted by molar-refractivity contribution is -0.129. The van der Waals surface area contributed by atoms with E-state index in [9.17, 15) is 4.79 Å². The molecule has 3 N–H and O–H groups in total. The molecule has 1 amide bonds. The summed E-state index contributed by atoms with van der Waals surface area (Å²) >= 11 is 0. The Labute approximate surface area is 104 Å². The molecule has 0 saturated carbocycles. The van der Waals surface area contributed by atoms with Crippen LogP contribution in [0.5, 0.6) is 0 Å². The van der Waals surface area contributed by atoms with E-state index in [1.165, 1.54) is 6.42 Å². The van der Waals surface area contributed by atoms with Crippen molar-refractivity contribution in [3.05, 3.63) is 0 Å². The molecule has 0 aliphatic carbocycles. The first-order valence-electron chi connectivity index (χ1n) is 6.38. The van der Waals surface area contributed by atoms with Crippen LogP contribution in [0.4, 0.5) is 0 Å². The second-order valence-electron chi connectivity index (χ2n) is 5.45. The molecule has 5 nitrogen and oxygen atoms in total. The van der Waals surface area contributed by atoms with E-state index in [1.807, 2.05) is 0 Å². The van der Waals surface area contributed by atoms with E-state index >= 15 is 0 Å². The summed E-state index contributed by atoms with van der Waals surface area (Å²) in [7, 11) is 4.20. The van der Waals surface area contributed by atoms with E-state index in [4.69, 9.17) is 5.84 Å². The van der Waals surface area contributed by atoms with Gasteiger partial charge in [0.25, 0.3) is 5.91 Å². The molecule has 1 saturated heterocycles. The van der Waals surface area contributed by atoms with Crippen molar-refractivity contribution in [1.29, 1.82) is 0 Å². The van der Waals surface area contributed by atoms with Gasteiger partial charge >= 0.3 is 0 Å². The molecule has 0 bridgehead atoms. The largest absolute Gasteiger partial charge is 0.305 e. The van der Waals surface area contributed by atoms with Crippen molar-refractivity contribution in [1.82, 2.24) is 15.2 Å². The molecule has 1 heterocycles.